The molecular formula is C18H15Cl2N3O2. The molecule has 128 valence electrons. The van der Waals surface area contributed by atoms with Gasteiger partial charge in [0.05, 0.1) is 27.7 Å². The molecule has 0 spiro atoms. The molecule has 1 aromatic heterocycles. The topological polar surface area (TPSA) is 64.1 Å². The molecule has 2 aromatic carbocycles. The summed E-state index contributed by atoms with van der Waals surface area (Å²) in [7, 11) is 0. The minimum absolute atomic E-state index is 0.153. The molecule has 1 heterocycles. The third kappa shape index (κ3) is 4.00. The van der Waals surface area contributed by atoms with Gasteiger partial charge >= 0.3 is 5.97 Å². The Morgan fingerprint density at radius 1 is 1.08 bits per heavy atom. The van der Waals surface area contributed by atoms with Crippen molar-refractivity contribution in [2.75, 3.05) is 11.9 Å². The predicted molar refractivity (Wildman–Crippen MR) is 99.3 cm³/mol. The van der Waals surface area contributed by atoms with E-state index in [-0.39, 0.29) is 12.3 Å². The summed E-state index contributed by atoms with van der Waals surface area (Å²) in [4.78, 5) is 21.1. The molecule has 7 heteroatoms. The van der Waals surface area contributed by atoms with Gasteiger partial charge in [-0.25, -0.2) is 14.8 Å². The average Bonchev–Trinajstić information content (AvgIpc) is 2.62. The van der Waals surface area contributed by atoms with Crippen LogP contribution < -0.4 is 5.32 Å². The van der Waals surface area contributed by atoms with Gasteiger partial charge in [-0.15, -0.1) is 0 Å². The first-order chi connectivity index (χ1) is 12.1. The highest BCUT2D eigenvalue weighted by Gasteiger charge is 2.17. The highest BCUT2D eigenvalue weighted by molar-refractivity contribution is 6.42. The second kappa shape index (κ2) is 7.68. The third-order valence-electron chi connectivity index (χ3n) is 3.48. The van der Waals surface area contributed by atoms with Gasteiger partial charge in [-0.2, -0.15) is 0 Å². The number of para-hydroxylation sites is 2. The van der Waals surface area contributed by atoms with E-state index in [9.17, 15) is 4.79 Å². The number of carbonyl (C=O) groups excluding carboxylic acids is 1. The van der Waals surface area contributed by atoms with E-state index >= 15 is 0 Å². The Hall–Kier alpha value is -2.37. The largest absolute Gasteiger partial charge is 0.461 e. The zero-order valence-corrected chi connectivity index (χ0v) is 14.9. The Labute approximate surface area is 155 Å². The summed E-state index contributed by atoms with van der Waals surface area (Å²) in [5, 5.41) is 4.09. The first-order valence-corrected chi connectivity index (χ1v) is 8.45. The fourth-order valence-electron chi connectivity index (χ4n) is 2.30. The summed E-state index contributed by atoms with van der Waals surface area (Å²) in [5.41, 5.74) is 2.37. The fraction of sp³-hybridized carbons (Fsp3) is 0.167. The first-order valence-electron chi connectivity index (χ1n) is 7.70. The lowest BCUT2D eigenvalue weighted by Crippen LogP contribution is -2.14. The minimum Gasteiger partial charge on any atom is -0.461 e. The van der Waals surface area contributed by atoms with Gasteiger partial charge < -0.3 is 10.1 Å². The summed E-state index contributed by atoms with van der Waals surface area (Å²) in [6.07, 6.45) is 0. The van der Waals surface area contributed by atoms with E-state index in [1.54, 1.807) is 25.1 Å². The minimum atomic E-state index is -0.516. The quantitative estimate of drug-likeness (QED) is 0.653. The summed E-state index contributed by atoms with van der Waals surface area (Å²) < 4.78 is 5.08. The lowest BCUT2D eigenvalue weighted by molar-refractivity contribution is 0.0520. The highest BCUT2D eigenvalue weighted by atomic mass is 35.5. The molecule has 1 N–H and O–H groups in total. The molecule has 0 unspecified atom stereocenters. The monoisotopic (exact) mass is 375 g/mol. The number of benzene rings is 2. The molecular weight excluding hydrogens is 361 g/mol. The van der Waals surface area contributed by atoms with Crippen LogP contribution in [0.25, 0.3) is 11.0 Å². The van der Waals surface area contributed by atoms with Gasteiger partial charge in [0, 0.05) is 6.54 Å². The standard InChI is InChI=1S/C18H15Cl2N3O2/c1-2-25-18(24)16-17(23-15-6-4-3-5-14(15)22-16)21-10-11-7-8-12(19)13(20)9-11/h3-9H,2,10H2,1H3,(H,21,23). The van der Waals surface area contributed by atoms with Crippen molar-refractivity contribution < 1.29 is 9.53 Å². The number of carbonyl (C=O) groups is 1. The van der Waals surface area contributed by atoms with E-state index in [0.717, 1.165) is 5.56 Å². The normalized spacial score (nSPS) is 10.7. The van der Waals surface area contributed by atoms with Crippen molar-refractivity contribution in [2.45, 2.75) is 13.5 Å². The molecule has 3 rings (SSSR count). The van der Waals surface area contributed by atoms with E-state index in [4.69, 9.17) is 27.9 Å². The number of fused-ring (bicyclic) bond motifs is 1. The first kappa shape index (κ1) is 17.5. The van der Waals surface area contributed by atoms with E-state index in [1.165, 1.54) is 0 Å². The van der Waals surface area contributed by atoms with Crippen molar-refractivity contribution in [2.24, 2.45) is 0 Å². The second-order valence-electron chi connectivity index (χ2n) is 5.23. The van der Waals surface area contributed by atoms with Crippen molar-refractivity contribution in [1.29, 1.82) is 0 Å². The third-order valence-corrected chi connectivity index (χ3v) is 4.22. The van der Waals surface area contributed by atoms with Crippen LogP contribution in [0.5, 0.6) is 0 Å². The molecule has 0 saturated heterocycles. The molecule has 0 bridgehead atoms. The lowest BCUT2D eigenvalue weighted by Gasteiger charge is -2.11. The number of esters is 1. The predicted octanol–water partition coefficient (Wildman–Crippen LogP) is 4.73. The van der Waals surface area contributed by atoms with Crippen LogP contribution in [-0.2, 0) is 11.3 Å². The number of ether oxygens (including phenoxy) is 1. The molecule has 0 amide bonds. The number of hydrogen-bond acceptors (Lipinski definition) is 5. The number of nitrogens with zero attached hydrogens (tertiary/aromatic N) is 2. The van der Waals surface area contributed by atoms with Crippen LogP contribution in [0.2, 0.25) is 10.0 Å². The number of anilines is 1. The van der Waals surface area contributed by atoms with Crippen LogP contribution in [0.15, 0.2) is 42.5 Å². The SMILES string of the molecule is CCOC(=O)c1nc2ccccc2nc1NCc1ccc(Cl)c(Cl)c1. The molecule has 5 nitrogen and oxygen atoms in total. The molecule has 0 atom stereocenters. The maximum atomic E-state index is 12.2. The van der Waals surface area contributed by atoms with Crippen LogP contribution in [-0.4, -0.2) is 22.5 Å². The second-order valence-corrected chi connectivity index (χ2v) is 6.05. The van der Waals surface area contributed by atoms with Crippen LogP contribution in [0.1, 0.15) is 23.0 Å². The van der Waals surface area contributed by atoms with E-state index < -0.39 is 5.97 Å². The van der Waals surface area contributed by atoms with Crippen LogP contribution >= 0.6 is 23.2 Å². The Morgan fingerprint density at radius 3 is 2.48 bits per heavy atom. The smallest absolute Gasteiger partial charge is 0.360 e. The summed E-state index contributed by atoms with van der Waals surface area (Å²) in [6, 6.07) is 12.7. The number of hydrogen-bond donors (Lipinski definition) is 1. The van der Waals surface area contributed by atoms with Gasteiger partial charge in [0.15, 0.2) is 11.5 Å². The summed E-state index contributed by atoms with van der Waals surface area (Å²) in [6.45, 7) is 2.42. The van der Waals surface area contributed by atoms with Crippen molar-refractivity contribution in [3.8, 4) is 0 Å². The fourth-order valence-corrected chi connectivity index (χ4v) is 2.62. The zero-order chi connectivity index (χ0) is 17.8. The number of nitrogens with one attached hydrogen (secondary N) is 1. The molecule has 0 aliphatic rings. The van der Waals surface area contributed by atoms with E-state index in [2.05, 4.69) is 15.3 Å². The maximum Gasteiger partial charge on any atom is 0.360 e. The van der Waals surface area contributed by atoms with Crippen LogP contribution in [0.4, 0.5) is 5.82 Å². The van der Waals surface area contributed by atoms with Gasteiger partial charge in [-0.05, 0) is 36.8 Å². The summed E-state index contributed by atoms with van der Waals surface area (Å²) >= 11 is 12.0. The summed E-state index contributed by atoms with van der Waals surface area (Å²) in [5.74, 6) is -0.152. The van der Waals surface area contributed by atoms with Gasteiger partial charge in [-0.3, -0.25) is 0 Å². The molecule has 0 fully saturated rings. The average molecular weight is 376 g/mol. The van der Waals surface area contributed by atoms with Gasteiger partial charge in [0.1, 0.15) is 0 Å². The molecule has 0 aliphatic heterocycles. The van der Waals surface area contributed by atoms with Crippen molar-refractivity contribution in [3.63, 3.8) is 0 Å². The molecule has 0 radical (unpaired) electrons. The maximum absolute atomic E-state index is 12.2. The van der Waals surface area contributed by atoms with Crippen LogP contribution in [0, 0.1) is 0 Å². The molecule has 3 aromatic rings. The lowest BCUT2D eigenvalue weighted by atomic mass is 10.2. The Balaban J connectivity index is 1.93. The van der Waals surface area contributed by atoms with Gasteiger partial charge in [0.25, 0.3) is 0 Å². The van der Waals surface area contributed by atoms with Crippen molar-refractivity contribution in [1.82, 2.24) is 9.97 Å². The zero-order valence-electron chi connectivity index (χ0n) is 13.4. The number of rotatable bonds is 5. The van der Waals surface area contributed by atoms with Gasteiger partial charge in [0.2, 0.25) is 0 Å². The van der Waals surface area contributed by atoms with Crippen LogP contribution in [0.3, 0.4) is 0 Å². The molecule has 25 heavy (non-hydrogen) atoms. The number of aromatic nitrogens is 2. The Bertz CT molecular complexity index is 931. The molecule has 0 aliphatic carbocycles. The van der Waals surface area contributed by atoms with Gasteiger partial charge in [-0.1, -0.05) is 41.4 Å². The highest BCUT2D eigenvalue weighted by Crippen LogP contribution is 2.24. The molecule has 0 saturated carbocycles. The van der Waals surface area contributed by atoms with Crippen molar-refractivity contribution >= 4 is 46.0 Å². The van der Waals surface area contributed by atoms with E-state index in [1.807, 2.05) is 24.3 Å². The van der Waals surface area contributed by atoms with E-state index in [0.29, 0.717) is 33.4 Å². The van der Waals surface area contributed by atoms with Crippen molar-refractivity contribution in [3.05, 3.63) is 63.8 Å². The number of halogens is 2. The Kier molecular flexibility index (Phi) is 5.36. The Morgan fingerprint density at radius 2 is 1.80 bits per heavy atom.